The monoisotopic (exact) mass is 256 g/mol. The van der Waals surface area contributed by atoms with Gasteiger partial charge in [0.1, 0.15) is 12.4 Å². The van der Waals surface area contributed by atoms with E-state index < -0.39 is 6.10 Å². The molecule has 0 aliphatic carbocycles. The SMILES string of the molecule is Cc1ccc(C)c(COc2ccc(C(C)O)cc2)c1. The highest BCUT2D eigenvalue weighted by molar-refractivity contribution is 5.32. The highest BCUT2D eigenvalue weighted by atomic mass is 16.5. The molecule has 0 aliphatic heterocycles. The molecule has 100 valence electrons. The van der Waals surface area contributed by atoms with Crippen molar-refractivity contribution in [2.24, 2.45) is 0 Å². The number of rotatable bonds is 4. The smallest absolute Gasteiger partial charge is 0.119 e. The Morgan fingerprint density at radius 2 is 1.74 bits per heavy atom. The highest BCUT2D eigenvalue weighted by Gasteiger charge is 2.03. The molecule has 1 N–H and O–H groups in total. The van der Waals surface area contributed by atoms with Gasteiger partial charge >= 0.3 is 0 Å². The van der Waals surface area contributed by atoms with Crippen molar-refractivity contribution in [3.05, 3.63) is 64.7 Å². The molecule has 0 amide bonds. The van der Waals surface area contributed by atoms with Crippen LogP contribution >= 0.6 is 0 Å². The molecular weight excluding hydrogens is 236 g/mol. The number of hydrogen-bond acceptors (Lipinski definition) is 2. The molecule has 0 aliphatic rings. The second-order valence-electron chi connectivity index (χ2n) is 4.96. The largest absolute Gasteiger partial charge is 0.489 e. The van der Waals surface area contributed by atoms with Crippen molar-refractivity contribution in [2.45, 2.75) is 33.5 Å². The molecule has 2 aromatic carbocycles. The van der Waals surface area contributed by atoms with Crippen molar-refractivity contribution in [1.82, 2.24) is 0 Å². The maximum absolute atomic E-state index is 9.45. The lowest BCUT2D eigenvalue weighted by molar-refractivity contribution is 0.199. The lowest BCUT2D eigenvalue weighted by Gasteiger charge is -2.11. The number of benzene rings is 2. The van der Waals surface area contributed by atoms with Crippen LogP contribution < -0.4 is 4.74 Å². The van der Waals surface area contributed by atoms with Crippen LogP contribution in [0.3, 0.4) is 0 Å². The summed E-state index contributed by atoms with van der Waals surface area (Å²) in [5.41, 5.74) is 4.60. The number of ether oxygens (including phenoxy) is 1. The van der Waals surface area contributed by atoms with Gasteiger partial charge in [0.15, 0.2) is 0 Å². The molecule has 1 unspecified atom stereocenters. The number of aliphatic hydroxyl groups is 1. The van der Waals surface area contributed by atoms with E-state index in [1.54, 1.807) is 6.92 Å². The van der Waals surface area contributed by atoms with Crippen LogP contribution in [-0.2, 0) is 6.61 Å². The van der Waals surface area contributed by atoms with Crippen LogP contribution in [0.25, 0.3) is 0 Å². The molecule has 0 saturated heterocycles. The fourth-order valence-electron chi connectivity index (χ4n) is 1.96. The Hall–Kier alpha value is -1.80. The molecule has 0 spiro atoms. The Labute approximate surface area is 114 Å². The van der Waals surface area contributed by atoms with Gasteiger partial charge in [-0.2, -0.15) is 0 Å². The standard InChI is InChI=1S/C17H20O2/c1-12-4-5-13(2)16(10-12)11-19-17-8-6-15(7-9-17)14(3)18/h4-10,14,18H,11H2,1-3H3. The van der Waals surface area contributed by atoms with E-state index in [4.69, 9.17) is 4.74 Å². The zero-order valence-corrected chi connectivity index (χ0v) is 11.7. The summed E-state index contributed by atoms with van der Waals surface area (Å²) >= 11 is 0. The molecule has 2 rings (SSSR count). The van der Waals surface area contributed by atoms with Crippen molar-refractivity contribution in [3.63, 3.8) is 0 Å². The molecule has 19 heavy (non-hydrogen) atoms. The second kappa shape index (κ2) is 5.89. The summed E-state index contributed by atoms with van der Waals surface area (Å²) in [4.78, 5) is 0. The van der Waals surface area contributed by atoms with Crippen molar-refractivity contribution < 1.29 is 9.84 Å². The number of aryl methyl sites for hydroxylation is 2. The van der Waals surface area contributed by atoms with Crippen molar-refractivity contribution >= 4 is 0 Å². The summed E-state index contributed by atoms with van der Waals surface area (Å²) in [6, 6.07) is 14.0. The lowest BCUT2D eigenvalue weighted by atomic mass is 10.1. The van der Waals surface area contributed by atoms with Crippen molar-refractivity contribution in [1.29, 1.82) is 0 Å². The minimum atomic E-state index is -0.437. The van der Waals surface area contributed by atoms with Gasteiger partial charge in [-0.05, 0) is 49.6 Å². The Morgan fingerprint density at radius 1 is 1.05 bits per heavy atom. The third-order valence-electron chi connectivity index (χ3n) is 3.26. The second-order valence-corrected chi connectivity index (χ2v) is 4.96. The molecule has 2 aromatic rings. The third kappa shape index (κ3) is 3.58. The first-order valence-corrected chi connectivity index (χ1v) is 6.53. The molecule has 1 atom stereocenters. The lowest BCUT2D eigenvalue weighted by Crippen LogP contribution is -1.99. The molecular formula is C17H20O2. The molecule has 0 saturated carbocycles. The summed E-state index contributed by atoms with van der Waals surface area (Å²) in [7, 11) is 0. The maximum atomic E-state index is 9.45. The van der Waals surface area contributed by atoms with E-state index in [1.807, 2.05) is 24.3 Å². The molecule has 0 bridgehead atoms. The van der Waals surface area contributed by atoms with Gasteiger partial charge in [0.05, 0.1) is 6.10 Å². The van der Waals surface area contributed by atoms with E-state index in [1.165, 1.54) is 16.7 Å². The van der Waals surface area contributed by atoms with Gasteiger partial charge in [0.25, 0.3) is 0 Å². The summed E-state index contributed by atoms with van der Waals surface area (Å²) in [6.07, 6.45) is -0.437. The molecule has 0 heterocycles. The van der Waals surface area contributed by atoms with Gasteiger partial charge in [-0.1, -0.05) is 35.9 Å². The van der Waals surface area contributed by atoms with Gasteiger partial charge in [0.2, 0.25) is 0 Å². The average molecular weight is 256 g/mol. The van der Waals surface area contributed by atoms with E-state index in [2.05, 4.69) is 32.0 Å². The maximum Gasteiger partial charge on any atom is 0.119 e. The number of aliphatic hydroxyl groups excluding tert-OH is 1. The Kier molecular flexibility index (Phi) is 4.23. The van der Waals surface area contributed by atoms with Gasteiger partial charge in [-0.15, -0.1) is 0 Å². The fourth-order valence-corrected chi connectivity index (χ4v) is 1.96. The highest BCUT2D eigenvalue weighted by Crippen LogP contribution is 2.19. The first kappa shape index (κ1) is 13.6. The van der Waals surface area contributed by atoms with Crippen molar-refractivity contribution in [2.75, 3.05) is 0 Å². The molecule has 2 heteroatoms. The van der Waals surface area contributed by atoms with Crippen molar-refractivity contribution in [3.8, 4) is 5.75 Å². The fraction of sp³-hybridized carbons (Fsp3) is 0.294. The van der Waals surface area contributed by atoms with E-state index >= 15 is 0 Å². The Morgan fingerprint density at radius 3 is 2.37 bits per heavy atom. The van der Waals surface area contributed by atoms with Gasteiger partial charge < -0.3 is 9.84 Å². The van der Waals surface area contributed by atoms with E-state index in [-0.39, 0.29) is 0 Å². The molecule has 2 nitrogen and oxygen atoms in total. The molecule has 0 fully saturated rings. The minimum absolute atomic E-state index is 0.437. The van der Waals surface area contributed by atoms with Gasteiger partial charge in [-0.25, -0.2) is 0 Å². The first-order valence-electron chi connectivity index (χ1n) is 6.53. The van der Waals surface area contributed by atoms with E-state index in [0.717, 1.165) is 11.3 Å². The zero-order valence-electron chi connectivity index (χ0n) is 11.7. The molecule has 0 aromatic heterocycles. The van der Waals surface area contributed by atoms with E-state index in [0.29, 0.717) is 6.61 Å². The normalized spacial score (nSPS) is 12.2. The van der Waals surface area contributed by atoms with Gasteiger partial charge in [0, 0.05) is 0 Å². The summed E-state index contributed by atoms with van der Waals surface area (Å²) < 4.78 is 5.78. The van der Waals surface area contributed by atoms with Crippen LogP contribution in [0.5, 0.6) is 5.75 Å². The van der Waals surface area contributed by atoms with Crippen LogP contribution in [0.2, 0.25) is 0 Å². The van der Waals surface area contributed by atoms with Crippen LogP contribution in [0, 0.1) is 13.8 Å². The quantitative estimate of drug-likeness (QED) is 0.898. The number of hydrogen-bond donors (Lipinski definition) is 1. The van der Waals surface area contributed by atoms with Crippen LogP contribution in [-0.4, -0.2) is 5.11 Å². The Bertz CT molecular complexity index is 542. The third-order valence-corrected chi connectivity index (χ3v) is 3.26. The van der Waals surface area contributed by atoms with Gasteiger partial charge in [-0.3, -0.25) is 0 Å². The Balaban J connectivity index is 2.04. The summed E-state index contributed by atoms with van der Waals surface area (Å²) in [6.45, 7) is 6.50. The topological polar surface area (TPSA) is 29.5 Å². The van der Waals surface area contributed by atoms with Crippen LogP contribution in [0.1, 0.15) is 35.3 Å². The first-order chi connectivity index (χ1) is 9.06. The van der Waals surface area contributed by atoms with Crippen LogP contribution in [0.15, 0.2) is 42.5 Å². The summed E-state index contributed by atoms with van der Waals surface area (Å²) in [5, 5.41) is 9.45. The zero-order chi connectivity index (χ0) is 13.8. The predicted molar refractivity (Wildman–Crippen MR) is 77.3 cm³/mol. The summed E-state index contributed by atoms with van der Waals surface area (Å²) in [5.74, 6) is 0.824. The van der Waals surface area contributed by atoms with E-state index in [9.17, 15) is 5.11 Å². The van der Waals surface area contributed by atoms with Crippen LogP contribution in [0.4, 0.5) is 0 Å². The average Bonchev–Trinajstić information content (AvgIpc) is 2.40. The molecule has 0 radical (unpaired) electrons. The predicted octanol–water partition coefficient (Wildman–Crippen LogP) is 3.94. The minimum Gasteiger partial charge on any atom is -0.489 e.